The highest BCUT2D eigenvalue weighted by atomic mass is 16.5. The van der Waals surface area contributed by atoms with Crippen molar-refractivity contribution in [3.63, 3.8) is 0 Å². The minimum atomic E-state index is -0.371. The quantitative estimate of drug-likeness (QED) is 0.577. The fourth-order valence-corrected chi connectivity index (χ4v) is 4.38. The van der Waals surface area contributed by atoms with Gasteiger partial charge < -0.3 is 19.0 Å². The van der Waals surface area contributed by atoms with Crippen molar-refractivity contribution in [1.82, 2.24) is 9.80 Å². The topological polar surface area (TPSA) is 80.1 Å². The number of fused-ring (bicyclic) bond motifs is 1. The molecule has 7 nitrogen and oxygen atoms in total. The van der Waals surface area contributed by atoms with Crippen molar-refractivity contribution in [1.29, 1.82) is 0 Å². The molecular formula is C26H24N2O5. The molecule has 1 saturated heterocycles. The van der Waals surface area contributed by atoms with Gasteiger partial charge in [-0.25, -0.2) is 4.79 Å². The van der Waals surface area contributed by atoms with Gasteiger partial charge in [-0.2, -0.15) is 0 Å². The van der Waals surface area contributed by atoms with E-state index in [0.717, 1.165) is 11.1 Å². The predicted octanol–water partition coefficient (Wildman–Crippen LogP) is 3.64. The second-order valence-electron chi connectivity index (χ2n) is 8.38. The summed E-state index contributed by atoms with van der Waals surface area (Å²) in [4.78, 5) is 41.7. The van der Waals surface area contributed by atoms with Crippen LogP contribution in [0.1, 0.15) is 54.3 Å². The molecule has 7 heteroatoms. The number of cyclic esters (lactones) is 1. The number of hydrogen-bond donors (Lipinski definition) is 0. The van der Waals surface area contributed by atoms with E-state index in [9.17, 15) is 14.4 Å². The number of furan rings is 1. The Morgan fingerprint density at radius 1 is 0.879 bits per heavy atom. The van der Waals surface area contributed by atoms with Gasteiger partial charge in [-0.3, -0.25) is 9.59 Å². The zero-order valence-corrected chi connectivity index (χ0v) is 18.3. The number of aryl methyl sites for hydroxylation is 1. The molecule has 1 fully saturated rings. The Morgan fingerprint density at radius 2 is 1.58 bits per heavy atom. The van der Waals surface area contributed by atoms with Crippen molar-refractivity contribution in [3.05, 3.63) is 94.4 Å². The fraction of sp³-hybridized carbons (Fsp3) is 0.269. The largest absolute Gasteiger partial charge is 0.456 e. The molecule has 33 heavy (non-hydrogen) atoms. The highest BCUT2D eigenvalue weighted by molar-refractivity contribution is 5.98. The lowest BCUT2D eigenvalue weighted by atomic mass is 9.93. The van der Waals surface area contributed by atoms with Gasteiger partial charge in [0.05, 0.1) is 5.56 Å². The van der Waals surface area contributed by atoms with Gasteiger partial charge in [0.1, 0.15) is 11.9 Å². The van der Waals surface area contributed by atoms with Crippen LogP contribution in [0.4, 0.5) is 0 Å². The van der Waals surface area contributed by atoms with Gasteiger partial charge in [-0.1, -0.05) is 30.3 Å². The highest BCUT2D eigenvalue weighted by Gasteiger charge is 2.30. The van der Waals surface area contributed by atoms with Gasteiger partial charge in [0.15, 0.2) is 5.76 Å². The normalized spacial score (nSPS) is 18.0. The van der Waals surface area contributed by atoms with E-state index in [2.05, 4.69) is 0 Å². The van der Waals surface area contributed by atoms with E-state index in [1.807, 2.05) is 30.3 Å². The molecule has 2 aromatic carbocycles. The Bertz CT molecular complexity index is 1210. The molecule has 1 unspecified atom stereocenters. The van der Waals surface area contributed by atoms with Crippen molar-refractivity contribution in [2.24, 2.45) is 0 Å². The smallest absolute Gasteiger partial charge is 0.339 e. The van der Waals surface area contributed by atoms with Gasteiger partial charge in [-0.15, -0.1) is 0 Å². The number of amides is 2. The maximum absolute atomic E-state index is 13.2. The molecule has 0 spiro atoms. The zero-order valence-electron chi connectivity index (χ0n) is 18.3. The standard InChI is InChI=1S/C26H24N2O5/c1-17-7-10-22(32-17)25(30)28-13-11-27(12-14-28)24(29)19-8-9-21-20(15-19)16-23(33-26(21)31)18-5-3-2-4-6-18/h2-10,15,23H,11-14,16H2,1H3. The summed E-state index contributed by atoms with van der Waals surface area (Å²) in [6.07, 6.45) is 0.160. The first-order valence-electron chi connectivity index (χ1n) is 11.0. The molecule has 168 valence electrons. The minimum Gasteiger partial charge on any atom is -0.456 e. The third-order valence-corrected chi connectivity index (χ3v) is 6.20. The van der Waals surface area contributed by atoms with Crippen molar-refractivity contribution in [3.8, 4) is 0 Å². The third kappa shape index (κ3) is 4.14. The van der Waals surface area contributed by atoms with E-state index in [4.69, 9.17) is 9.15 Å². The van der Waals surface area contributed by atoms with Crippen LogP contribution in [0.25, 0.3) is 0 Å². The van der Waals surface area contributed by atoms with Crippen LogP contribution in [-0.2, 0) is 11.2 Å². The van der Waals surface area contributed by atoms with Crippen LogP contribution in [-0.4, -0.2) is 53.8 Å². The molecule has 0 saturated carbocycles. The molecule has 5 rings (SSSR count). The fourth-order valence-electron chi connectivity index (χ4n) is 4.38. The number of nitrogens with zero attached hydrogens (tertiary/aromatic N) is 2. The van der Waals surface area contributed by atoms with Crippen LogP contribution in [0.3, 0.4) is 0 Å². The SMILES string of the molecule is Cc1ccc(C(=O)N2CCN(C(=O)c3ccc4c(c3)CC(c3ccccc3)OC4=O)CC2)o1. The summed E-state index contributed by atoms with van der Waals surface area (Å²) in [5, 5.41) is 0. The number of ether oxygens (including phenoxy) is 1. The summed E-state index contributed by atoms with van der Waals surface area (Å²) < 4.78 is 11.0. The van der Waals surface area contributed by atoms with Gasteiger partial charge in [0, 0.05) is 38.2 Å². The lowest BCUT2D eigenvalue weighted by molar-refractivity contribution is 0.0252. The summed E-state index contributed by atoms with van der Waals surface area (Å²) >= 11 is 0. The number of rotatable bonds is 3. The number of benzene rings is 2. The minimum absolute atomic E-state index is 0.103. The van der Waals surface area contributed by atoms with E-state index in [0.29, 0.717) is 55.2 Å². The molecule has 3 heterocycles. The van der Waals surface area contributed by atoms with Crippen LogP contribution in [0.15, 0.2) is 65.1 Å². The van der Waals surface area contributed by atoms with Crippen molar-refractivity contribution < 1.29 is 23.5 Å². The van der Waals surface area contributed by atoms with Crippen LogP contribution >= 0.6 is 0 Å². The Balaban J connectivity index is 1.27. The Hall–Kier alpha value is -3.87. The maximum Gasteiger partial charge on any atom is 0.339 e. The summed E-state index contributed by atoms with van der Waals surface area (Å²) in [6, 6.07) is 18.2. The first-order chi connectivity index (χ1) is 16.0. The van der Waals surface area contributed by atoms with Gasteiger partial charge in [0.2, 0.25) is 0 Å². The molecular weight excluding hydrogens is 420 g/mol. The van der Waals surface area contributed by atoms with Crippen LogP contribution in [0.5, 0.6) is 0 Å². The van der Waals surface area contributed by atoms with Crippen LogP contribution < -0.4 is 0 Å². The van der Waals surface area contributed by atoms with E-state index in [1.165, 1.54) is 0 Å². The molecule has 0 bridgehead atoms. The Labute approximate surface area is 191 Å². The zero-order chi connectivity index (χ0) is 22.9. The van der Waals surface area contributed by atoms with Crippen LogP contribution in [0.2, 0.25) is 0 Å². The number of hydrogen-bond acceptors (Lipinski definition) is 5. The van der Waals surface area contributed by atoms with E-state index in [1.54, 1.807) is 47.1 Å². The van der Waals surface area contributed by atoms with Gasteiger partial charge in [0.25, 0.3) is 11.8 Å². The summed E-state index contributed by atoms with van der Waals surface area (Å²) in [5.41, 5.74) is 2.79. The monoisotopic (exact) mass is 444 g/mol. The molecule has 2 aliphatic rings. The molecule has 3 aromatic rings. The molecule has 2 amide bonds. The third-order valence-electron chi connectivity index (χ3n) is 6.20. The Morgan fingerprint density at radius 3 is 2.24 bits per heavy atom. The first kappa shape index (κ1) is 21.0. The van der Waals surface area contributed by atoms with Crippen molar-refractivity contribution in [2.75, 3.05) is 26.2 Å². The van der Waals surface area contributed by atoms with E-state index < -0.39 is 0 Å². The molecule has 0 N–H and O–H groups in total. The van der Waals surface area contributed by atoms with Gasteiger partial charge >= 0.3 is 5.97 Å². The average molecular weight is 444 g/mol. The van der Waals surface area contributed by atoms with Crippen LogP contribution in [0, 0.1) is 6.92 Å². The lowest BCUT2D eigenvalue weighted by Crippen LogP contribution is -2.50. The number of carbonyl (C=O) groups excluding carboxylic acids is 3. The van der Waals surface area contributed by atoms with E-state index >= 15 is 0 Å². The maximum atomic E-state index is 13.2. The average Bonchev–Trinajstić information content (AvgIpc) is 3.29. The number of piperazine rings is 1. The number of carbonyl (C=O) groups is 3. The highest BCUT2D eigenvalue weighted by Crippen LogP contribution is 2.31. The molecule has 0 aliphatic carbocycles. The molecule has 2 aliphatic heterocycles. The second-order valence-corrected chi connectivity index (χ2v) is 8.38. The van der Waals surface area contributed by atoms with E-state index in [-0.39, 0.29) is 23.9 Å². The summed E-state index contributed by atoms with van der Waals surface area (Å²) in [6.45, 7) is 3.56. The molecule has 0 radical (unpaired) electrons. The first-order valence-corrected chi connectivity index (χ1v) is 11.0. The Kier molecular flexibility index (Phi) is 5.46. The molecule has 1 atom stereocenters. The van der Waals surface area contributed by atoms with Gasteiger partial charge in [-0.05, 0) is 48.4 Å². The predicted molar refractivity (Wildman–Crippen MR) is 120 cm³/mol. The second kappa shape index (κ2) is 8.58. The lowest BCUT2D eigenvalue weighted by Gasteiger charge is -2.34. The van der Waals surface area contributed by atoms with Crippen molar-refractivity contribution in [2.45, 2.75) is 19.4 Å². The number of esters is 1. The van der Waals surface area contributed by atoms with Crippen molar-refractivity contribution >= 4 is 17.8 Å². The molecule has 1 aromatic heterocycles. The summed E-state index contributed by atoms with van der Waals surface area (Å²) in [7, 11) is 0. The summed E-state index contributed by atoms with van der Waals surface area (Å²) in [5.74, 6) is 0.382.